The number of benzene rings is 3. The van der Waals surface area contributed by atoms with E-state index in [4.69, 9.17) is 0 Å². The summed E-state index contributed by atoms with van der Waals surface area (Å²) in [6.07, 6.45) is 11.9. The van der Waals surface area contributed by atoms with E-state index in [0.29, 0.717) is 17.4 Å². The number of unbranched alkanes of at least 4 members (excludes halogenated alkanes) is 2. The minimum atomic E-state index is -0.159. The molecule has 0 amide bonds. The maximum atomic E-state index is 15.0. The minimum absolute atomic E-state index is 0.159. The molecule has 1 aliphatic rings. The molecule has 0 heterocycles. The van der Waals surface area contributed by atoms with Crippen LogP contribution in [0.3, 0.4) is 0 Å². The number of rotatable bonds is 8. The van der Waals surface area contributed by atoms with Crippen molar-refractivity contribution in [3.8, 4) is 22.3 Å². The van der Waals surface area contributed by atoms with E-state index in [1.807, 2.05) is 12.1 Å². The van der Waals surface area contributed by atoms with Crippen LogP contribution in [0.2, 0.25) is 0 Å². The number of halogens is 1. The van der Waals surface area contributed by atoms with Gasteiger partial charge in [0, 0.05) is 5.56 Å². The molecule has 0 spiro atoms. The molecular weight excluding hydrogens is 391 g/mol. The molecular formula is C31H35F. The van der Waals surface area contributed by atoms with Crippen LogP contribution in [0.15, 0.2) is 79.4 Å². The van der Waals surface area contributed by atoms with E-state index in [2.05, 4.69) is 68.1 Å². The van der Waals surface area contributed by atoms with Crippen LogP contribution in [0.1, 0.15) is 68.9 Å². The zero-order valence-corrected chi connectivity index (χ0v) is 19.3. The molecule has 0 aromatic heterocycles. The smallest absolute Gasteiger partial charge is 0.131 e. The van der Waals surface area contributed by atoms with E-state index in [1.54, 1.807) is 6.07 Å². The molecule has 32 heavy (non-hydrogen) atoms. The summed E-state index contributed by atoms with van der Waals surface area (Å²) in [7, 11) is 0. The first-order chi connectivity index (χ1) is 15.7. The van der Waals surface area contributed by atoms with Crippen molar-refractivity contribution in [1.29, 1.82) is 0 Å². The highest BCUT2D eigenvalue weighted by Crippen LogP contribution is 2.37. The highest BCUT2D eigenvalue weighted by atomic mass is 19.1. The Bertz CT molecular complexity index is 1010. The van der Waals surface area contributed by atoms with E-state index in [1.165, 1.54) is 56.1 Å². The molecule has 0 nitrogen and oxygen atoms in total. The molecule has 0 N–H and O–H groups in total. The molecule has 1 saturated carbocycles. The van der Waals surface area contributed by atoms with Crippen molar-refractivity contribution in [2.24, 2.45) is 5.92 Å². The summed E-state index contributed by atoms with van der Waals surface area (Å²) in [5.74, 6) is 1.17. The van der Waals surface area contributed by atoms with Crippen LogP contribution in [0.4, 0.5) is 4.39 Å². The molecule has 4 rings (SSSR count). The normalized spacial score (nSPS) is 18.4. The molecule has 3 aromatic rings. The lowest BCUT2D eigenvalue weighted by Gasteiger charge is -2.27. The first kappa shape index (κ1) is 22.5. The molecule has 3 aromatic carbocycles. The second kappa shape index (κ2) is 10.8. The van der Waals surface area contributed by atoms with E-state index >= 15 is 4.39 Å². The van der Waals surface area contributed by atoms with Crippen LogP contribution in [0, 0.1) is 11.7 Å². The Balaban J connectivity index is 1.44. The molecule has 1 aliphatic carbocycles. The number of hydrogen-bond donors (Lipinski definition) is 0. The number of aryl methyl sites for hydroxylation is 1. The SMILES string of the molecule is C=CC1CCC(c2ccc(-c3ccc(-c4ccc(CCCCC)cc4)c(F)c3)cc2)CC1. The van der Waals surface area contributed by atoms with Crippen LogP contribution in [0.25, 0.3) is 22.3 Å². The maximum absolute atomic E-state index is 15.0. The predicted octanol–water partition coefficient (Wildman–Crippen LogP) is 9.35. The molecule has 1 heteroatoms. The zero-order chi connectivity index (χ0) is 22.3. The Morgan fingerprint density at radius 1 is 0.812 bits per heavy atom. The van der Waals surface area contributed by atoms with Crippen LogP contribution in [-0.2, 0) is 6.42 Å². The third kappa shape index (κ3) is 5.38. The highest BCUT2D eigenvalue weighted by Gasteiger charge is 2.20. The van der Waals surface area contributed by atoms with Crippen molar-refractivity contribution < 1.29 is 4.39 Å². The minimum Gasteiger partial charge on any atom is -0.206 e. The Morgan fingerprint density at radius 3 is 2.09 bits per heavy atom. The fourth-order valence-corrected chi connectivity index (χ4v) is 4.99. The van der Waals surface area contributed by atoms with Gasteiger partial charge in [0.05, 0.1) is 0 Å². The molecule has 0 aliphatic heterocycles. The van der Waals surface area contributed by atoms with E-state index in [9.17, 15) is 0 Å². The van der Waals surface area contributed by atoms with Gasteiger partial charge in [0.15, 0.2) is 0 Å². The number of allylic oxidation sites excluding steroid dienone is 1. The summed E-state index contributed by atoms with van der Waals surface area (Å²) >= 11 is 0. The van der Waals surface area contributed by atoms with Gasteiger partial charge in [0.2, 0.25) is 0 Å². The largest absolute Gasteiger partial charge is 0.206 e. The second-order valence-corrected chi connectivity index (χ2v) is 9.32. The van der Waals surface area contributed by atoms with Crippen LogP contribution < -0.4 is 0 Å². The lowest BCUT2D eigenvalue weighted by Crippen LogP contribution is -2.11. The zero-order valence-electron chi connectivity index (χ0n) is 19.3. The van der Waals surface area contributed by atoms with Crippen molar-refractivity contribution in [2.75, 3.05) is 0 Å². The molecule has 1 fully saturated rings. The quantitative estimate of drug-likeness (QED) is 0.248. The summed E-state index contributed by atoms with van der Waals surface area (Å²) < 4.78 is 15.0. The summed E-state index contributed by atoms with van der Waals surface area (Å²) in [4.78, 5) is 0. The third-order valence-electron chi connectivity index (χ3n) is 7.12. The van der Waals surface area contributed by atoms with E-state index in [0.717, 1.165) is 23.1 Å². The summed E-state index contributed by atoms with van der Waals surface area (Å²) in [5.41, 5.74) is 6.36. The van der Waals surface area contributed by atoms with Crippen molar-refractivity contribution in [2.45, 2.75) is 64.2 Å². The number of hydrogen-bond acceptors (Lipinski definition) is 0. The van der Waals surface area contributed by atoms with E-state index in [-0.39, 0.29) is 5.82 Å². The molecule has 0 atom stereocenters. The van der Waals surface area contributed by atoms with Gasteiger partial charge in [-0.2, -0.15) is 0 Å². The first-order valence-electron chi connectivity index (χ1n) is 12.3. The van der Waals surface area contributed by atoms with Gasteiger partial charge in [0.1, 0.15) is 5.82 Å². The van der Waals surface area contributed by atoms with Crippen molar-refractivity contribution in [1.82, 2.24) is 0 Å². The Labute approximate surface area is 193 Å². The average molecular weight is 427 g/mol. The molecule has 0 unspecified atom stereocenters. The Morgan fingerprint density at radius 2 is 1.47 bits per heavy atom. The maximum Gasteiger partial charge on any atom is 0.131 e. The summed E-state index contributed by atoms with van der Waals surface area (Å²) in [6, 6.07) is 22.8. The second-order valence-electron chi connectivity index (χ2n) is 9.32. The fourth-order valence-electron chi connectivity index (χ4n) is 4.99. The lowest BCUT2D eigenvalue weighted by molar-refractivity contribution is 0.376. The molecule has 166 valence electrons. The summed E-state index contributed by atoms with van der Waals surface area (Å²) in [5, 5.41) is 0. The third-order valence-corrected chi connectivity index (χ3v) is 7.12. The van der Waals surface area contributed by atoms with Gasteiger partial charge in [-0.05, 0) is 84.2 Å². The Hall–Kier alpha value is -2.67. The molecule has 0 radical (unpaired) electrons. The van der Waals surface area contributed by atoms with Crippen LogP contribution in [0.5, 0.6) is 0 Å². The van der Waals surface area contributed by atoms with Gasteiger partial charge in [-0.25, -0.2) is 4.39 Å². The van der Waals surface area contributed by atoms with Crippen LogP contribution >= 0.6 is 0 Å². The first-order valence-corrected chi connectivity index (χ1v) is 12.3. The van der Waals surface area contributed by atoms with Gasteiger partial charge < -0.3 is 0 Å². The topological polar surface area (TPSA) is 0 Å². The standard InChI is InChI=1S/C31H35F/c1-3-5-6-7-24-10-14-28(15-11-24)30-21-20-29(22-31(30)32)27-18-16-26(17-19-27)25-12-8-23(4-2)9-13-25/h4,10-11,14-23,25H,2-3,5-9,12-13H2,1H3. The lowest BCUT2D eigenvalue weighted by atomic mass is 9.78. The Kier molecular flexibility index (Phi) is 7.58. The molecule has 0 bridgehead atoms. The molecule has 0 saturated heterocycles. The van der Waals surface area contributed by atoms with Crippen molar-refractivity contribution in [3.63, 3.8) is 0 Å². The highest BCUT2D eigenvalue weighted by molar-refractivity contribution is 5.71. The van der Waals surface area contributed by atoms with Gasteiger partial charge >= 0.3 is 0 Å². The predicted molar refractivity (Wildman–Crippen MR) is 135 cm³/mol. The van der Waals surface area contributed by atoms with Crippen molar-refractivity contribution in [3.05, 3.63) is 96.3 Å². The fraction of sp³-hybridized carbons (Fsp3) is 0.355. The van der Waals surface area contributed by atoms with Gasteiger partial charge in [0.25, 0.3) is 0 Å². The average Bonchev–Trinajstić information content (AvgIpc) is 2.85. The van der Waals surface area contributed by atoms with Gasteiger partial charge in [-0.3, -0.25) is 0 Å². The van der Waals surface area contributed by atoms with E-state index < -0.39 is 0 Å². The monoisotopic (exact) mass is 426 g/mol. The summed E-state index contributed by atoms with van der Waals surface area (Å²) in [6.45, 7) is 6.17. The van der Waals surface area contributed by atoms with Gasteiger partial charge in [-0.1, -0.05) is 86.5 Å². The van der Waals surface area contributed by atoms with Crippen LogP contribution in [-0.4, -0.2) is 0 Å². The van der Waals surface area contributed by atoms with Gasteiger partial charge in [-0.15, -0.1) is 6.58 Å². The van der Waals surface area contributed by atoms with Crippen molar-refractivity contribution >= 4 is 0 Å².